The maximum atomic E-state index is 12.4. The summed E-state index contributed by atoms with van der Waals surface area (Å²) in [6.07, 6.45) is 1.58. The third-order valence-electron chi connectivity index (χ3n) is 4.58. The summed E-state index contributed by atoms with van der Waals surface area (Å²) in [6, 6.07) is 5.60. The fourth-order valence-corrected chi connectivity index (χ4v) is 3.08. The maximum absolute atomic E-state index is 12.4. The summed E-state index contributed by atoms with van der Waals surface area (Å²) in [7, 11) is 0. The standard InChI is InChI=1S/C18H20N4O4/c1-3-22-11(2)13(9-20-22)14-7-17(26-21-14)18(23)19-8-12-4-5-15-16(6-12)25-10-24-15/h4-6,9,17H,3,7-8,10H2,1-2H3,(H,19,23)/t17-/m0/s1. The smallest absolute Gasteiger partial charge is 0.264 e. The lowest BCUT2D eigenvalue weighted by Crippen LogP contribution is -2.34. The van der Waals surface area contributed by atoms with E-state index in [2.05, 4.69) is 15.6 Å². The number of carbonyl (C=O) groups is 1. The minimum Gasteiger partial charge on any atom is -0.454 e. The van der Waals surface area contributed by atoms with E-state index in [1.807, 2.05) is 36.7 Å². The zero-order valence-electron chi connectivity index (χ0n) is 14.7. The first-order valence-corrected chi connectivity index (χ1v) is 8.57. The van der Waals surface area contributed by atoms with Gasteiger partial charge in [-0.15, -0.1) is 0 Å². The van der Waals surface area contributed by atoms with E-state index < -0.39 is 6.10 Å². The first-order chi connectivity index (χ1) is 12.7. The van der Waals surface area contributed by atoms with E-state index >= 15 is 0 Å². The maximum Gasteiger partial charge on any atom is 0.264 e. The topological polar surface area (TPSA) is 87.0 Å². The number of nitrogens with one attached hydrogen (secondary N) is 1. The molecule has 2 aliphatic heterocycles. The molecule has 0 fully saturated rings. The fraction of sp³-hybridized carbons (Fsp3) is 0.389. The molecule has 0 saturated heterocycles. The number of oxime groups is 1. The zero-order chi connectivity index (χ0) is 18.1. The third-order valence-corrected chi connectivity index (χ3v) is 4.58. The van der Waals surface area contributed by atoms with E-state index in [1.165, 1.54) is 0 Å². The number of benzene rings is 1. The molecule has 2 aromatic rings. The van der Waals surface area contributed by atoms with E-state index in [1.54, 1.807) is 6.20 Å². The highest BCUT2D eigenvalue weighted by molar-refractivity contribution is 6.04. The van der Waals surface area contributed by atoms with E-state index in [4.69, 9.17) is 14.3 Å². The Hall–Kier alpha value is -3.03. The van der Waals surface area contributed by atoms with Crippen LogP contribution in [0.3, 0.4) is 0 Å². The van der Waals surface area contributed by atoms with Crippen LogP contribution in [0.5, 0.6) is 11.5 Å². The Labute approximate surface area is 150 Å². The van der Waals surface area contributed by atoms with Crippen molar-refractivity contribution in [2.24, 2.45) is 5.16 Å². The third kappa shape index (κ3) is 2.98. The van der Waals surface area contributed by atoms with Gasteiger partial charge in [-0.1, -0.05) is 11.2 Å². The molecule has 1 atom stereocenters. The van der Waals surface area contributed by atoms with Gasteiger partial charge < -0.3 is 19.6 Å². The van der Waals surface area contributed by atoms with Crippen molar-refractivity contribution >= 4 is 11.6 Å². The van der Waals surface area contributed by atoms with Crippen molar-refractivity contribution in [1.82, 2.24) is 15.1 Å². The second kappa shape index (κ2) is 6.70. The quantitative estimate of drug-likeness (QED) is 0.882. The first kappa shape index (κ1) is 16.4. The van der Waals surface area contributed by atoms with Crippen molar-refractivity contribution in [3.05, 3.63) is 41.2 Å². The van der Waals surface area contributed by atoms with Gasteiger partial charge in [-0.25, -0.2) is 0 Å². The molecule has 1 N–H and O–H groups in total. The van der Waals surface area contributed by atoms with Gasteiger partial charge in [0.2, 0.25) is 12.9 Å². The summed E-state index contributed by atoms with van der Waals surface area (Å²) in [6.45, 7) is 5.43. The minimum absolute atomic E-state index is 0.193. The largest absolute Gasteiger partial charge is 0.454 e. The summed E-state index contributed by atoms with van der Waals surface area (Å²) in [5, 5.41) is 11.3. The van der Waals surface area contributed by atoms with E-state index in [0.29, 0.717) is 18.7 Å². The molecule has 0 aliphatic carbocycles. The molecule has 8 heteroatoms. The SMILES string of the molecule is CCn1ncc(C2=NO[C@H](C(=O)NCc3ccc4c(c3)OCO4)C2)c1C. The Balaban J connectivity index is 1.34. The number of nitrogens with zero attached hydrogens (tertiary/aromatic N) is 3. The normalized spacial score (nSPS) is 17.8. The minimum atomic E-state index is -0.622. The molecular weight excluding hydrogens is 336 g/mol. The Morgan fingerprint density at radius 2 is 2.19 bits per heavy atom. The Bertz CT molecular complexity index is 874. The molecule has 1 aromatic heterocycles. The van der Waals surface area contributed by atoms with E-state index in [0.717, 1.165) is 34.8 Å². The molecule has 136 valence electrons. The Morgan fingerprint density at radius 1 is 1.35 bits per heavy atom. The number of ether oxygens (including phenoxy) is 2. The van der Waals surface area contributed by atoms with Crippen LogP contribution in [0, 0.1) is 6.92 Å². The molecule has 1 aromatic carbocycles. The number of amides is 1. The van der Waals surface area contributed by atoms with Crippen LogP contribution in [-0.4, -0.2) is 34.3 Å². The van der Waals surface area contributed by atoms with Gasteiger partial charge in [0.15, 0.2) is 11.5 Å². The van der Waals surface area contributed by atoms with Crippen molar-refractivity contribution in [3.63, 3.8) is 0 Å². The highest BCUT2D eigenvalue weighted by Gasteiger charge is 2.30. The van der Waals surface area contributed by atoms with Crippen LogP contribution >= 0.6 is 0 Å². The summed E-state index contributed by atoms with van der Waals surface area (Å²) >= 11 is 0. The molecule has 1 amide bonds. The van der Waals surface area contributed by atoms with Crippen LogP contribution in [0.2, 0.25) is 0 Å². The molecule has 3 heterocycles. The van der Waals surface area contributed by atoms with Gasteiger partial charge in [0.25, 0.3) is 5.91 Å². The second-order valence-electron chi connectivity index (χ2n) is 6.20. The molecular formula is C18H20N4O4. The lowest BCUT2D eigenvalue weighted by molar-refractivity contribution is -0.131. The van der Waals surface area contributed by atoms with Crippen molar-refractivity contribution in [1.29, 1.82) is 0 Å². The molecule has 0 spiro atoms. The molecule has 0 unspecified atom stereocenters. The Kier molecular flexibility index (Phi) is 4.24. The van der Waals surface area contributed by atoms with Crippen LogP contribution in [0.15, 0.2) is 29.6 Å². The predicted molar refractivity (Wildman–Crippen MR) is 93.1 cm³/mol. The van der Waals surface area contributed by atoms with Crippen molar-refractivity contribution in [2.75, 3.05) is 6.79 Å². The van der Waals surface area contributed by atoms with Crippen LogP contribution in [0.4, 0.5) is 0 Å². The number of carbonyl (C=O) groups excluding carboxylic acids is 1. The van der Waals surface area contributed by atoms with E-state index in [-0.39, 0.29) is 12.7 Å². The van der Waals surface area contributed by atoms with Gasteiger partial charge in [-0.05, 0) is 31.5 Å². The highest BCUT2D eigenvalue weighted by Crippen LogP contribution is 2.32. The molecule has 8 nitrogen and oxygen atoms in total. The number of rotatable bonds is 5. The number of aromatic nitrogens is 2. The van der Waals surface area contributed by atoms with Gasteiger partial charge in [0, 0.05) is 30.8 Å². The summed E-state index contributed by atoms with van der Waals surface area (Å²) < 4.78 is 12.5. The van der Waals surface area contributed by atoms with Crippen LogP contribution < -0.4 is 14.8 Å². The molecule has 0 saturated carbocycles. The molecule has 0 radical (unpaired) electrons. The summed E-state index contributed by atoms with van der Waals surface area (Å²) in [4.78, 5) is 17.7. The number of aryl methyl sites for hydroxylation is 1. The van der Waals surface area contributed by atoms with Gasteiger partial charge >= 0.3 is 0 Å². The lowest BCUT2D eigenvalue weighted by atomic mass is 10.1. The van der Waals surface area contributed by atoms with Crippen molar-refractivity contribution in [2.45, 2.75) is 39.5 Å². The zero-order valence-corrected chi connectivity index (χ0v) is 14.7. The number of fused-ring (bicyclic) bond motifs is 1. The molecule has 2 aliphatic rings. The average molecular weight is 356 g/mol. The number of hydrogen-bond donors (Lipinski definition) is 1. The summed E-state index contributed by atoms with van der Waals surface area (Å²) in [5.74, 6) is 1.23. The second-order valence-corrected chi connectivity index (χ2v) is 6.20. The summed E-state index contributed by atoms with van der Waals surface area (Å²) in [5.41, 5.74) is 3.64. The van der Waals surface area contributed by atoms with Gasteiger partial charge in [-0.3, -0.25) is 9.48 Å². The fourth-order valence-electron chi connectivity index (χ4n) is 3.08. The van der Waals surface area contributed by atoms with Gasteiger partial charge in [-0.2, -0.15) is 5.10 Å². The van der Waals surface area contributed by atoms with Crippen LogP contribution in [0.1, 0.15) is 30.2 Å². The highest BCUT2D eigenvalue weighted by atomic mass is 16.7. The van der Waals surface area contributed by atoms with Gasteiger partial charge in [0.05, 0.1) is 11.9 Å². The first-order valence-electron chi connectivity index (χ1n) is 8.57. The average Bonchev–Trinajstić information content (AvgIpc) is 3.38. The van der Waals surface area contributed by atoms with Gasteiger partial charge in [0.1, 0.15) is 0 Å². The molecule has 4 rings (SSSR count). The van der Waals surface area contributed by atoms with Crippen LogP contribution in [-0.2, 0) is 22.7 Å². The van der Waals surface area contributed by atoms with Crippen molar-refractivity contribution < 1.29 is 19.1 Å². The lowest BCUT2D eigenvalue weighted by Gasteiger charge is -2.10. The molecule has 0 bridgehead atoms. The monoisotopic (exact) mass is 356 g/mol. The predicted octanol–water partition coefficient (Wildman–Crippen LogP) is 1.75. The Morgan fingerprint density at radius 3 is 3.00 bits per heavy atom. The molecule has 26 heavy (non-hydrogen) atoms. The van der Waals surface area contributed by atoms with E-state index in [9.17, 15) is 4.79 Å². The van der Waals surface area contributed by atoms with Crippen LogP contribution in [0.25, 0.3) is 0 Å². The number of hydrogen-bond acceptors (Lipinski definition) is 6. The van der Waals surface area contributed by atoms with Crippen molar-refractivity contribution in [3.8, 4) is 11.5 Å².